The molecule has 2 aromatic carbocycles. The SMILES string of the molecule is CC(=O)Nc1cccc(O[C@H]2c3cc(Cl)cc(Cl)c3C[C@H]2N2CCNCC2)c1. The predicted molar refractivity (Wildman–Crippen MR) is 113 cm³/mol. The lowest BCUT2D eigenvalue weighted by atomic mass is 10.1. The first-order valence-electron chi connectivity index (χ1n) is 9.48. The molecule has 2 aromatic rings. The second-order valence-electron chi connectivity index (χ2n) is 7.26. The van der Waals surface area contributed by atoms with E-state index in [0.717, 1.165) is 43.7 Å². The Hall–Kier alpha value is -1.79. The molecule has 1 saturated heterocycles. The van der Waals surface area contributed by atoms with Gasteiger partial charge in [0.05, 0.1) is 6.04 Å². The lowest BCUT2D eigenvalue weighted by molar-refractivity contribution is -0.114. The van der Waals surface area contributed by atoms with Crippen LogP contribution in [0, 0.1) is 0 Å². The zero-order chi connectivity index (χ0) is 19.7. The molecule has 0 spiro atoms. The van der Waals surface area contributed by atoms with E-state index < -0.39 is 0 Å². The Morgan fingerprint density at radius 2 is 2.00 bits per heavy atom. The van der Waals surface area contributed by atoms with Gasteiger partial charge in [0.1, 0.15) is 11.9 Å². The fraction of sp³-hybridized carbons (Fsp3) is 0.381. The number of piperazine rings is 1. The largest absolute Gasteiger partial charge is 0.484 e. The van der Waals surface area contributed by atoms with Crippen molar-refractivity contribution in [3.63, 3.8) is 0 Å². The maximum atomic E-state index is 11.4. The Morgan fingerprint density at radius 1 is 1.21 bits per heavy atom. The number of fused-ring (bicyclic) bond motifs is 1. The van der Waals surface area contributed by atoms with Crippen molar-refractivity contribution in [2.75, 3.05) is 31.5 Å². The zero-order valence-electron chi connectivity index (χ0n) is 15.7. The Morgan fingerprint density at radius 3 is 2.75 bits per heavy atom. The van der Waals surface area contributed by atoms with Gasteiger partial charge in [-0.05, 0) is 36.2 Å². The van der Waals surface area contributed by atoms with Crippen molar-refractivity contribution in [1.29, 1.82) is 0 Å². The van der Waals surface area contributed by atoms with Gasteiger partial charge in [-0.15, -0.1) is 0 Å². The molecule has 2 aliphatic rings. The number of benzene rings is 2. The Labute approximate surface area is 175 Å². The summed E-state index contributed by atoms with van der Waals surface area (Å²) in [5.41, 5.74) is 2.87. The van der Waals surface area contributed by atoms with Crippen LogP contribution in [-0.4, -0.2) is 43.0 Å². The molecular formula is C21H23Cl2N3O2. The van der Waals surface area contributed by atoms with Gasteiger partial charge in [-0.2, -0.15) is 0 Å². The third-order valence-corrected chi connectivity index (χ3v) is 5.86. The second-order valence-corrected chi connectivity index (χ2v) is 8.10. The van der Waals surface area contributed by atoms with Gasteiger partial charge in [-0.25, -0.2) is 0 Å². The van der Waals surface area contributed by atoms with Crippen molar-refractivity contribution >= 4 is 34.8 Å². The highest BCUT2D eigenvalue weighted by Gasteiger charge is 2.39. The number of rotatable bonds is 4. The minimum Gasteiger partial charge on any atom is -0.484 e. The molecule has 0 unspecified atom stereocenters. The van der Waals surface area contributed by atoms with E-state index in [1.54, 1.807) is 6.07 Å². The van der Waals surface area contributed by atoms with Crippen LogP contribution in [0.4, 0.5) is 5.69 Å². The van der Waals surface area contributed by atoms with Crippen LogP contribution in [0.2, 0.25) is 10.0 Å². The summed E-state index contributed by atoms with van der Waals surface area (Å²) >= 11 is 12.8. The van der Waals surface area contributed by atoms with E-state index in [4.69, 9.17) is 27.9 Å². The van der Waals surface area contributed by atoms with E-state index in [1.807, 2.05) is 30.3 Å². The average molecular weight is 420 g/mol. The fourth-order valence-corrected chi connectivity index (χ4v) is 4.68. The predicted octanol–water partition coefficient (Wildman–Crippen LogP) is 3.90. The topological polar surface area (TPSA) is 53.6 Å². The van der Waals surface area contributed by atoms with Crippen LogP contribution in [0.15, 0.2) is 36.4 Å². The number of ether oxygens (including phenoxy) is 1. The quantitative estimate of drug-likeness (QED) is 0.788. The van der Waals surface area contributed by atoms with Crippen LogP contribution in [0.25, 0.3) is 0 Å². The molecule has 2 N–H and O–H groups in total. The molecule has 1 amide bonds. The van der Waals surface area contributed by atoms with E-state index >= 15 is 0 Å². The van der Waals surface area contributed by atoms with Gasteiger partial charge in [0.15, 0.2) is 0 Å². The molecule has 1 heterocycles. The van der Waals surface area contributed by atoms with Gasteiger partial charge in [-0.3, -0.25) is 9.69 Å². The molecule has 28 heavy (non-hydrogen) atoms. The van der Waals surface area contributed by atoms with E-state index in [2.05, 4.69) is 15.5 Å². The Balaban J connectivity index is 1.66. The van der Waals surface area contributed by atoms with Gasteiger partial charge in [0, 0.05) is 60.5 Å². The molecule has 148 valence electrons. The van der Waals surface area contributed by atoms with Crippen LogP contribution in [0.5, 0.6) is 5.75 Å². The van der Waals surface area contributed by atoms with Gasteiger partial charge in [0.2, 0.25) is 5.91 Å². The first-order chi connectivity index (χ1) is 13.5. The molecule has 4 rings (SSSR count). The highest BCUT2D eigenvalue weighted by molar-refractivity contribution is 6.35. The van der Waals surface area contributed by atoms with Gasteiger partial charge >= 0.3 is 0 Å². The summed E-state index contributed by atoms with van der Waals surface area (Å²) in [5.74, 6) is 0.598. The van der Waals surface area contributed by atoms with Crippen LogP contribution >= 0.6 is 23.2 Å². The summed E-state index contributed by atoms with van der Waals surface area (Å²) in [6.45, 7) is 5.36. The summed E-state index contributed by atoms with van der Waals surface area (Å²) in [6, 6.07) is 11.4. The Bertz CT molecular complexity index is 884. The monoisotopic (exact) mass is 419 g/mol. The average Bonchev–Trinajstić information content (AvgIpc) is 3.01. The Kier molecular flexibility index (Phi) is 5.78. The molecule has 1 aliphatic carbocycles. The molecule has 0 aromatic heterocycles. The maximum Gasteiger partial charge on any atom is 0.221 e. The van der Waals surface area contributed by atoms with Crippen LogP contribution < -0.4 is 15.4 Å². The highest BCUT2D eigenvalue weighted by atomic mass is 35.5. The smallest absolute Gasteiger partial charge is 0.221 e. The van der Waals surface area contributed by atoms with Crippen molar-refractivity contribution < 1.29 is 9.53 Å². The van der Waals surface area contributed by atoms with Crippen molar-refractivity contribution in [1.82, 2.24) is 10.2 Å². The zero-order valence-corrected chi connectivity index (χ0v) is 17.2. The summed E-state index contributed by atoms with van der Waals surface area (Å²) in [6.07, 6.45) is 0.665. The standard InChI is InChI=1S/C21H23Cl2N3O2/c1-13(27)25-15-3-2-4-16(11-15)28-21-18-9-14(22)10-19(23)17(18)12-20(21)26-7-5-24-6-8-26/h2-4,9-11,20-21,24H,5-8,12H2,1H3,(H,25,27)/t20-,21+/m1/s1. The number of carbonyl (C=O) groups is 1. The van der Waals surface area contributed by atoms with Gasteiger partial charge in [0.25, 0.3) is 0 Å². The molecule has 7 heteroatoms. The minimum absolute atomic E-state index is 0.111. The second kappa shape index (κ2) is 8.29. The third-order valence-electron chi connectivity index (χ3n) is 5.30. The molecule has 0 saturated carbocycles. The molecular weight excluding hydrogens is 397 g/mol. The van der Waals surface area contributed by atoms with Crippen molar-refractivity contribution in [3.05, 3.63) is 57.6 Å². The van der Waals surface area contributed by atoms with E-state index in [9.17, 15) is 4.79 Å². The summed E-state index contributed by atoms with van der Waals surface area (Å²) in [7, 11) is 0. The molecule has 5 nitrogen and oxygen atoms in total. The van der Waals surface area contributed by atoms with Gasteiger partial charge < -0.3 is 15.4 Å². The lowest BCUT2D eigenvalue weighted by Crippen LogP contribution is -2.50. The van der Waals surface area contributed by atoms with Crippen molar-refractivity contribution in [2.45, 2.75) is 25.5 Å². The van der Waals surface area contributed by atoms with Crippen molar-refractivity contribution in [3.8, 4) is 5.75 Å². The number of carbonyl (C=O) groups excluding carboxylic acids is 1. The molecule has 2 atom stereocenters. The van der Waals surface area contributed by atoms with Crippen LogP contribution in [0.3, 0.4) is 0 Å². The summed E-state index contributed by atoms with van der Waals surface area (Å²) < 4.78 is 6.47. The van der Waals surface area contributed by atoms with E-state index in [-0.39, 0.29) is 18.1 Å². The van der Waals surface area contributed by atoms with E-state index in [1.165, 1.54) is 6.92 Å². The molecule has 1 fully saturated rings. The number of halogens is 2. The lowest BCUT2D eigenvalue weighted by Gasteiger charge is -2.36. The van der Waals surface area contributed by atoms with Crippen LogP contribution in [0.1, 0.15) is 24.2 Å². The number of anilines is 1. The molecule has 1 aliphatic heterocycles. The number of hydrogen-bond donors (Lipinski definition) is 2. The first kappa shape index (κ1) is 19.5. The van der Waals surface area contributed by atoms with Gasteiger partial charge in [-0.1, -0.05) is 29.3 Å². The van der Waals surface area contributed by atoms with Crippen molar-refractivity contribution in [2.24, 2.45) is 0 Å². The van der Waals surface area contributed by atoms with Crippen LogP contribution in [-0.2, 0) is 11.2 Å². The normalized spacial score (nSPS) is 22.0. The first-order valence-corrected chi connectivity index (χ1v) is 10.2. The highest BCUT2D eigenvalue weighted by Crippen LogP contribution is 2.42. The minimum atomic E-state index is -0.170. The number of hydrogen-bond acceptors (Lipinski definition) is 4. The number of amides is 1. The van der Waals surface area contributed by atoms with E-state index in [0.29, 0.717) is 21.5 Å². The maximum absolute atomic E-state index is 11.4. The summed E-state index contributed by atoms with van der Waals surface area (Å²) in [4.78, 5) is 13.8. The number of nitrogens with one attached hydrogen (secondary N) is 2. The third kappa shape index (κ3) is 4.13. The molecule has 0 radical (unpaired) electrons. The number of nitrogens with zero attached hydrogens (tertiary/aromatic N) is 1. The summed E-state index contributed by atoms with van der Waals surface area (Å²) in [5, 5.41) is 7.51. The fourth-order valence-electron chi connectivity index (χ4n) is 4.09. The molecule has 0 bridgehead atoms.